The minimum atomic E-state index is 0.197. The highest BCUT2D eigenvalue weighted by Crippen LogP contribution is 2.40. The van der Waals surface area contributed by atoms with Gasteiger partial charge in [0.1, 0.15) is 0 Å². The Morgan fingerprint density at radius 1 is 1.25 bits per heavy atom. The van der Waals surface area contributed by atoms with Gasteiger partial charge in [-0.1, -0.05) is 15.9 Å². The van der Waals surface area contributed by atoms with Gasteiger partial charge in [0.2, 0.25) is 5.91 Å². The number of rotatable bonds is 1. The number of carbonyl (C=O) groups is 1. The van der Waals surface area contributed by atoms with E-state index in [0.29, 0.717) is 12.1 Å². The monoisotopic (exact) mass is 280 g/mol. The molecule has 84 valence electrons. The van der Waals surface area contributed by atoms with Gasteiger partial charge < -0.3 is 9.80 Å². The van der Waals surface area contributed by atoms with Gasteiger partial charge in [0, 0.05) is 30.2 Å². The average molecular weight is 281 g/mol. The molecule has 0 radical (unpaired) electrons. The van der Waals surface area contributed by atoms with Crippen molar-refractivity contribution in [1.82, 2.24) is 4.90 Å². The third-order valence-electron chi connectivity index (χ3n) is 3.45. The maximum atomic E-state index is 11.2. The van der Waals surface area contributed by atoms with Gasteiger partial charge in [0.25, 0.3) is 0 Å². The van der Waals surface area contributed by atoms with Gasteiger partial charge in [0.15, 0.2) is 0 Å². The van der Waals surface area contributed by atoms with Gasteiger partial charge in [-0.3, -0.25) is 4.79 Å². The van der Waals surface area contributed by atoms with Crippen molar-refractivity contribution in [3.63, 3.8) is 0 Å². The molecular formula is C12H13BrN2O. The average Bonchev–Trinajstić information content (AvgIpc) is 2.75. The molecule has 3 rings (SSSR count). The summed E-state index contributed by atoms with van der Waals surface area (Å²) in [6.07, 6.45) is 0. The Bertz CT molecular complexity index is 419. The van der Waals surface area contributed by atoms with Crippen molar-refractivity contribution in [2.75, 3.05) is 18.0 Å². The van der Waals surface area contributed by atoms with Gasteiger partial charge in [0.05, 0.1) is 12.1 Å². The lowest BCUT2D eigenvalue weighted by Gasteiger charge is -2.19. The molecule has 0 bridgehead atoms. The summed E-state index contributed by atoms with van der Waals surface area (Å²) in [5, 5.41) is 0. The summed E-state index contributed by atoms with van der Waals surface area (Å²) in [6.45, 7) is 3.42. The first-order valence-electron chi connectivity index (χ1n) is 5.46. The van der Waals surface area contributed by atoms with E-state index >= 15 is 0 Å². The number of nitrogens with zero attached hydrogens (tertiary/aromatic N) is 2. The van der Waals surface area contributed by atoms with Crippen LogP contribution in [0.4, 0.5) is 5.69 Å². The van der Waals surface area contributed by atoms with E-state index in [0.717, 1.165) is 17.6 Å². The number of amides is 1. The Kier molecular flexibility index (Phi) is 2.21. The van der Waals surface area contributed by atoms with E-state index in [1.54, 1.807) is 6.92 Å². The van der Waals surface area contributed by atoms with E-state index < -0.39 is 0 Å². The van der Waals surface area contributed by atoms with Crippen molar-refractivity contribution in [1.29, 1.82) is 0 Å². The summed E-state index contributed by atoms with van der Waals surface area (Å²) in [5.41, 5.74) is 1.27. The third-order valence-corrected chi connectivity index (χ3v) is 3.98. The fourth-order valence-electron chi connectivity index (χ4n) is 2.53. The summed E-state index contributed by atoms with van der Waals surface area (Å²) < 4.78 is 1.11. The van der Waals surface area contributed by atoms with Crippen molar-refractivity contribution in [3.05, 3.63) is 28.7 Å². The first-order valence-corrected chi connectivity index (χ1v) is 6.25. The maximum absolute atomic E-state index is 11.2. The number of hydrogen-bond donors (Lipinski definition) is 0. The molecule has 1 aromatic carbocycles. The molecule has 4 heteroatoms. The number of anilines is 1. The topological polar surface area (TPSA) is 23.3 Å². The Labute approximate surface area is 103 Å². The van der Waals surface area contributed by atoms with E-state index in [2.05, 4.69) is 45.1 Å². The Morgan fingerprint density at radius 2 is 1.81 bits per heavy atom. The highest BCUT2D eigenvalue weighted by atomic mass is 79.9. The second-order valence-corrected chi connectivity index (χ2v) is 5.36. The molecule has 2 aliphatic heterocycles. The van der Waals surface area contributed by atoms with Gasteiger partial charge in [-0.25, -0.2) is 0 Å². The molecule has 0 spiro atoms. The van der Waals surface area contributed by atoms with Crippen LogP contribution in [0.3, 0.4) is 0 Å². The molecule has 16 heavy (non-hydrogen) atoms. The van der Waals surface area contributed by atoms with E-state index in [-0.39, 0.29) is 5.91 Å². The van der Waals surface area contributed by atoms with Gasteiger partial charge >= 0.3 is 0 Å². The highest BCUT2D eigenvalue weighted by Gasteiger charge is 2.54. The minimum Gasteiger partial charge on any atom is -0.358 e. The molecule has 2 aliphatic rings. The predicted octanol–water partition coefficient (Wildman–Crippen LogP) is 1.87. The Hall–Kier alpha value is -1.03. The van der Waals surface area contributed by atoms with Crippen LogP contribution in [0.5, 0.6) is 0 Å². The SMILES string of the molecule is CC(=O)N1CC2C(C1)N2c1ccc(Br)cc1. The number of likely N-dealkylation sites (tertiary alicyclic amines) is 1. The van der Waals surface area contributed by atoms with Crippen molar-refractivity contribution < 1.29 is 4.79 Å². The summed E-state index contributed by atoms with van der Waals surface area (Å²) in [6, 6.07) is 9.47. The van der Waals surface area contributed by atoms with Crippen molar-refractivity contribution in [3.8, 4) is 0 Å². The molecule has 2 heterocycles. The van der Waals surface area contributed by atoms with E-state index in [9.17, 15) is 4.79 Å². The van der Waals surface area contributed by atoms with Gasteiger partial charge in [-0.05, 0) is 24.3 Å². The lowest BCUT2D eigenvalue weighted by molar-refractivity contribution is -0.128. The van der Waals surface area contributed by atoms with Crippen molar-refractivity contribution in [2.24, 2.45) is 0 Å². The minimum absolute atomic E-state index is 0.197. The second-order valence-electron chi connectivity index (χ2n) is 4.44. The number of carbonyl (C=O) groups excluding carboxylic acids is 1. The zero-order valence-electron chi connectivity index (χ0n) is 9.06. The molecule has 2 unspecified atom stereocenters. The first kappa shape index (κ1) is 10.1. The molecule has 3 nitrogen and oxygen atoms in total. The van der Waals surface area contributed by atoms with Gasteiger partial charge in [-0.15, -0.1) is 0 Å². The largest absolute Gasteiger partial charge is 0.358 e. The van der Waals surface area contributed by atoms with Crippen LogP contribution in [0.25, 0.3) is 0 Å². The van der Waals surface area contributed by atoms with Crippen molar-refractivity contribution in [2.45, 2.75) is 19.0 Å². The van der Waals surface area contributed by atoms with E-state index in [1.807, 2.05) is 4.90 Å². The quantitative estimate of drug-likeness (QED) is 0.734. The van der Waals surface area contributed by atoms with E-state index in [1.165, 1.54) is 5.69 Å². The normalized spacial score (nSPS) is 26.9. The lowest BCUT2D eigenvalue weighted by Crippen LogP contribution is -2.33. The number of piperazine rings is 1. The number of benzene rings is 1. The lowest BCUT2D eigenvalue weighted by atomic mass is 10.3. The van der Waals surface area contributed by atoms with Gasteiger partial charge in [-0.2, -0.15) is 0 Å². The molecule has 1 aromatic rings. The molecule has 0 aliphatic carbocycles. The molecule has 2 fully saturated rings. The zero-order valence-corrected chi connectivity index (χ0v) is 10.6. The molecule has 2 saturated heterocycles. The van der Waals surface area contributed by atoms with Crippen LogP contribution in [-0.2, 0) is 4.79 Å². The standard InChI is InChI=1S/C12H13BrN2O/c1-8(16)14-6-11-12(7-14)15(11)10-4-2-9(13)3-5-10/h2-5,11-12H,6-7H2,1H3. The summed E-state index contributed by atoms with van der Waals surface area (Å²) in [4.78, 5) is 15.5. The van der Waals surface area contributed by atoms with Crippen LogP contribution in [0.15, 0.2) is 28.7 Å². The van der Waals surface area contributed by atoms with E-state index in [4.69, 9.17) is 0 Å². The highest BCUT2D eigenvalue weighted by molar-refractivity contribution is 9.10. The Morgan fingerprint density at radius 3 is 2.31 bits per heavy atom. The number of fused-ring (bicyclic) bond motifs is 1. The number of halogens is 1. The molecular weight excluding hydrogens is 268 g/mol. The van der Waals surface area contributed by atoms with Crippen LogP contribution in [-0.4, -0.2) is 36.0 Å². The first-order chi connectivity index (χ1) is 7.66. The fraction of sp³-hybridized carbons (Fsp3) is 0.417. The molecule has 1 amide bonds. The van der Waals surface area contributed by atoms with Crippen molar-refractivity contribution >= 4 is 27.5 Å². The summed E-state index contributed by atoms with van der Waals surface area (Å²) in [5.74, 6) is 0.197. The van der Waals surface area contributed by atoms with Crippen LogP contribution in [0, 0.1) is 0 Å². The second kappa shape index (κ2) is 3.48. The third kappa shape index (κ3) is 1.52. The van der Waals surface area contributed by atoms with Crippen LogP contribution < -0.4 is 4.90 Å². The van der Waals surface area contributed by atoms with Crippen LogP contribution in [0.2, 0.25) is 0 Å². The predicted molar refractivity (Wildman–Crippen MR) is 66.5 cm³/mol. The molecule has 0 aromatic heterocycles. The Balaban J connectivity index is 1.70. The summed E-state index contributed by atoms with van der Waals surface area (Å²) >= 11 is 3.43. The molecule has 0 N–H and O–H groups in total. The van der Waals surface area contributed by atoms with Crippen LogP contribution >= 0.6 is 15.9 Å². The molecule has 0 saturated carbocycles. The molecule has 2 atom stereocenters. The summed E-state index contributed by atoms with van der Waals surface area (Å²) in [7, 11) is 0. The van der Waals surface area contributed by atoms with Crippen LogP contribution in [0.1, 0.15) is 6.92 Å². The number of hydrogen-bond acceptors (Lipinski definition) is 2. The smallest absolute Gasteiger partial charge is 0.219 e. The maximum Gasteiger partial charge on any atom is 0.219 e. The fourth-order valence-corrected chi connectivity index (χ4v) is 2.80. The zero-order chi connectivity index (χ0) is 11.3.